The molecule has 0 saturated carbocycles. The zero-order valence-electron chi connectivity index (χ0n) is 10.5. The molecule has 0 radical (unpaired) electrons. The first-order valence-corrected chi connectivity index (χ1v) is 7.25. The van der Waals surface area contributed by atoms with E-state index in [9.17, 15) is 0 Å². The van der Waals surface area contributed by atoms with Gasteiger partial charge in [0.2, 0.25) is 0 Å². The van der Waals surface area contributed by atoms with Crippen molar-refractivity contribution in [3.63, 3.8) is 0 Å². The fourth-order valence-corrected chi connectivity index (χ4v) is 2.68. The monoisotopic (exact) mass is 251 g/mol. The lowest BCUT2D eigenvalue weighted by Gasteiger charge is -2.37. The van der Waals surface area contributed by atoms with E-state index in [4.69, 9.17) is 5.73 Å². The van der Waals surface area contributed by atoms with Crippen molar-refractivity contribution in [2.75, 3.05) is 32.9 Å². The second kappa shape index (κ2) is 5.87. The molecule has 1 saturated heterocycles. The third-order valence-electron chi connectivity index (χ3n) is 3.48. The zero-order valence-corrected chi connectivity index (χ0v) is 11.3. The fraction of sp³-hybridized carbons (Fsp3) is 0.538. The lowest BCUT2D eigenvalue weighted by Crippen LogP contribution is -2.53. The maximum atomic E-state index is 6.36. The number of nitrogens with two attached hydrogens (primary N) is 1. The minimum Gasteiger partial charge on any atom is -0.323 e. The van der Waals surface area contributed by atoms with Crippen LogP contribution in [0.25, 0.3) is 0 Å². The molecule has 4 heteroatoms. The van der Waals surface area contributed by atoms with E-state index in [-0.39, 0.29) is 6.04 Å². The first kappa shape index (κ1) is 12.9. The molecule has 1 heterocycles. The van der Waals surface area contributed by atoms with Gasteiger partial charge >= 0.3 is 0 Å². The van der Waals surface area contributed by atoms with Crippen LogP contribution >= 0.6 is 11.8 Å². The van der Waals surface area contributed by atoms with E-state index >= 15 is 0 Å². The molecule has 2 unspecified atom stereocenters. The summed E-state index contributed by atoms with van der Waals surface area (Å²) in [6.07, 6.45) is 2.09. The van der Waals surface area contributed by atoms with Gasteiger partial charge in [0.1, 0.15) is 0 Å². The van der Waals surface area contributed by atoms with Crippen LogP contribution in [0.15, 0.2) is 29.2 Å². The van der Waals surface area contributed by atoms with E-state index in [1.54, 1.807) is 11.8 Å². The van der Waals surface area contributed by atoms with Gasteiger partial charge in [0, 0.05) is 36.6 Å². The Hall–Kier alpha value is -0.550. The molecule has 17 heavy (non-hydrogen) atoms. The molecule has 0 bridgehead atoms. The summed E-state index contributed by atoms with van der Waals surface area (Å²) in [5.74, 6) is 0. The molecule has 1 aliphatic rings. The molecule has 0 amide bonds. The van der Waals surface area contributed by atoms with Gasteiger partial charge in [0.25, 0.3) is 0 Å². The topological polar surface area (TPSA) is 41.3 Å². The Labute approximate surface area is 108 Å². The highest BCUT2D eigenvalue weighted by Gasteiger charge is 2.25. The number of nitrogens with one attached hydrogen (secondary N) is 1. The first-order valence-electron chi connectivity index (χ1n) is 6.03. The summed E-state index contributed by atoms with van der Waals surface area (Å²) in [7, 11) is 2.15. The molecule has 1 aromatic rings. The van der Waals surface area contributed by atoms with Crippen molar-refractivity contribution in [2.24, 2.45) is 5.73 Å². The highest BCUT2D eigenvalue weighted by Crippen LogP contribution is 2.22. The van der Waals surface area contributed by atoms with Gasteiger partial charge in [-0.3, -0.25) is 4.90 Å². The lowest BCUT2D eigenvalue weighted by atomic mass is 9.98. The average molecular weight is 251 g/mol. The van der Waals surface area contributed by atoms with Crippen molar-refractivity contribution in [1.82, 2.24) is 10.2 Å². The SMILES string of the molecule is CSc1ccc(C(N)C2CNCCN2C)cc1. The standard InChI is InChI=1S/C13H21N3S/c1-16-8-7-15-9-12(16)13(14)10-3-5-11(17-2)6-4-10/h3-6,12-13,15H,7-9,14H2,1-2H3. The molecule has 2 rings (SSSR count). The molecule has 1 aromatic carbocycles. The van der Waals surface area contributed by atoms with Gasteiger partial charge in [-0.15, -0.1) is 11.8 Å². The molecule has 1 aliphatic heterocycles. The van der Waals surface area contributed by atoms with Crippen LogP contribution < -0.4 is 11.1 Å². The smallest absolute Gasteiger partial charge is 0.0465 e. The second-order valence-electron chi connectivity index (χ2n) is 4.55. The van der Waals surface area contributed by atoms with Crippen molar-refractivity contribution in [3.8, 4) is 0 Å². The van der Waals surface area contributed by atoms with Gasteiger partial charge in [-0.1, -0.05) is 12.1 Å². The lowest BCUT2D eigenvalue weighted by molar-refractivity contribution is 0.174. The van der Waals surface area contributed by atoms with Gasteiger partial charge < -0.3 is 11.1 Å². The Bertz CT molecular complexity index is 352. The van der Waals surface area contributed by atoms with E-state index in [2.05, 4.69) is 47.8 Å². The number of benzene rings is 1. The molecular weight excluding hydrogens is 230 g/mol. The normalized spacial score (nSPS) is 23.6. The van der Waals surface area contributed by atoms with Crippen molar-refractivity contribution in [1.29, 1.82) is 0 Å². The number of hydrogen-bond acceptors (Lipinski definition) is 4. The molecule has 94 valence electrons. The summed E-state index contributed by atoms with van der Waals surface area (Å²) in [5, 5.41) is 3.41. The summed E-state index contributed by atoms with van der Waals surface area (Å²) in [6, 6.07) is 9.08. The fourth-order valence-electron chi connectivity index (χ4n) is 2.28. The maximum Gasteiger partial charge on any atom is 0.0465 e. The van der Waals surface area contributed by atoms with Gasteiger partial charge in [-0.2, -0.15) is 0 Å². The first-order chi connectivity index (χ1) is 8.22. The van der Waals surface area contributed by atoms with Crippen molar-refractivity contribution in [3.05, 3.63) is 29.8 Å². The Morgan fingerprint density at radius 2 is 2.12 bits per heavy atom. The summed E-state index contributed by atoms with van der Waals surface area (Å²) in [4.78, 5) is 3.64. The summed E-state index contributed by atoms with van der Waals surface area (Å²) in [6.45, 7) is 3.11. The minimum atomic E-state index is 0.0868. The van der Waals surface area contributed by atoms with Crippen LogP contribution in [0.2, 0.25) is 0 Å². The van der Waals surface area contributed by atoms with Crippen LogP contribution in [0.1, 0.15) is 11.6 Å². The molecule has 3 nitrogen and oxygen atoms in total. The Morgan fingerprint density at radius 3 is 2.71 bits per heavy atom. The average Bonchev–Trinajstić information content (AvgIpc) is 2.39. The largest absolute Gasteiger partial charge is 0.323 e. The molecule has 0 aliphatic carbocycles. The number of nitrogens with zero attached hydrogens (tertiary/aromatic N) is 1. The van der Waals surface area contributed by atoms with E-state index in [1.807, 2.05) is 0 Å². The van der Waals surface area contributed by atoms with Gasteiger partial charge in [0.15, 0.2) is 0 Å². The Kier molecular flexibility index (Phi) is 4.45. The quantitative estimate of drug-likeness (QED) is 0.795. The van der Waals surface area contributed by atoms with Crippen LogP contribution in [0.5, 0.6) is 0 Å². The third-order valence-corrected chi connectivity index (χ3v) is 4.22. The predicted molar refractivity (Wildman–Crippen MR) is 74.4 cm³/mol. The number of rotatable bonds is 3. The number of hydrogen-bond donors (Lipinski definition) is 2. The van der Waals surface area contributed by atoms with Crippen molar-refractivity contribution in [2.45, 2.75) is 17.0 Å². The maximum absolute atomic E-state index is 6.36. The molecule has 1 fully saturated rings. The molecule has 0 spiro atoms. The van der Waals surface area contributed by atoms with Crippen LogP contribution in [0, 0.1) is 0 Å². The van der Waals surface area contributed by atoms with E-state index in [1.165, 1.54) is 10.5 Å². The van der Waals surface area contributed by atoms with Gasteiger partial charge in [0.05, 0.1) is 0 Å². The molecule has 3 N–H and O–H groups in total. The van der Waals surface area contributed by atoms with Crippen molar-refractivity contribution >= 4 is 11.8 Å². The number of piperazine rings is 1. The molecular formula is C13H21N3S. The molecule has 2 atom stereocenters. The Balaban J connectivity index is 2.09. The third kappa shape index (κ3) is 3.01. The highest BCUT2D eigenvalue weighted by atomic mass is 32.2. The van der Waals surface area contributed by atoms with E-state index in [0.717, 1.165) is 19.6 Å². The van der Waals surface area contributed by atoms with Crippen molar-refractivity contribution < 1.29 is 0 Å². The van der Waals surface area contributed by atoms with Crippen LogP contribution in [-0.4, -0.2) is 43.9 Å². The van der Waals surface area contributed by atoms with Crippen LogP contribution in [0.3, 0.4) is 0 Å². The number of likely N-dealkylation sites (N-methyl/N-ethyl adjacent to an activating group) is 1. The van der Waals surface area contributed by atoms with Gasteiger partial charge in [-0.25, -0.2) is 0 Å². The summed E-state index contributed by atoms with van der Waals surface area (Å²) < 4.78 is 0. The highest BCUT2D eigenvalue weighted by molar-refractivity contribution is 7.98. The zero-order chi connectivity index (χ0) is 12.3. The van der Waals surface area contributed by atoms with Crippen LogP contribution in [-0.2, 0) is 0 Å². The van der Waals surface area contributed by atoms with Gasteiger partial charge in [-0.05, 0) is 31.0 Å². The Morgan fingerprint density at radius 1 is 1.41 bits per heavy atom. The van der Waals surface area contributed by atoms with E-state index in [0.29, 0.717) is 6.04 Å². The molecule has 0 aromatic heterocycles. The summed E-state index contributed by atoms with van der Waals surface area (Å²) >= 11 is 1.76. The summed E-state index contributed by atoms with van der Waals surface area (Å²) in [5.41, 5.74) is 7.59. The second-order valence-corrected chi connectivity index (χ2v) is 5.43. The number of thioether (sulfide) groups is 1. The van der Waals surface area contributed by atoms with Crippen LogP contribution in [0.4, 0.5) is 0 Å². The minimum absolute atomic E-state index is 0.0868. The van der Waals surface area contributed by atoms with E-state index < -0.39 is 0 Å². The predicted octanol–water partition coefficient (Wildman–Crippen LogP) is 1.31.